The zero-order valence-electron chi connectivity index (χ0n) is 16.7. The number of anilines is 1. The molecular formula is C19H19ClN6O3S2. The number of halogens is 1. The van der Waals surface area contributed by atoms with Crippen LogP contribution < -0.4 is 10.0 Å². The van der Waals surface area contributed by atoms with E-state index in [1.165, 1.54) is 23.7 Å². The highest BCUT2D eigenvalue weighted by atomic mass is 35.5. The van der Waals surface area contributed by atoms with Crippen LogP contribution in [0.25, 0.3) is 11.3 Å². The Balaban J connectivity index is 1.45. The molecule has 0 unspecified atom stereocenters. The van der Waals surface area contributed by atoms with E-state index in [2.05, 4.69) is 30.0 Å². The summed E-state index contributed by atoms with van der Waals surface area (Å²) < 4.78 is 26.7. The molecule has 2 N–H and O–H groups in total. The number of carbonyl (C=O) groups excluding carboxylic acids is 1. The summed E-state index contributed by atoms with van der Waals surface area (Å²) in [4.78, 5) is 29.4. The number of nitrogens with one attached hydrogen (secondary N) is 2. The van der Waals surface area contributed by atoms with Crippen molar-refractivity contribution in [1.29, 1.82) is 0 Å². The number of pyridine rings is 1. The molecule has 0 atom stereocenters. The molecule has 3 heterocycles. The van der Waals surface area contributed by atoms with Gasteiger partial charge in [-0.25, -0.2) is 18.4 Å². The fraction of sp³-hybridized carbons (Fsp3) is 0.316. The van der Waals surface area contributed by atoms with E-state index in [-0.39, 0.29) is 27.1 Å². The Bertz CT molecular complexity index is 1220. The van der Waals surface area contributed by atoms with Gasteiger partial charge in [0.05, 0.1) is 34.6 Å². The summed E-state index contributed by atoms with van der Waals surface area (Å²) in [6.45, 7) is 3.57. The first-order chi connectivity index (χ1) is 14.6. The van der Waals surface area contributed by atoms with Gasteiger partial charge in [0.15, 0.2) is 5.13 Å². The Labute approximate surface area is 188 Å². The van der Waals surface area contributed by atoms with Crippen molar-refractivity contribution in [2.75, 3.05) is 4.72 Å². The highest BCUT2D eigenvalue weighted by Gasteiger charge is 2.36. The molecule has 1 aliphatic rings. The van der Waals surface area contributed by atoms with Crippen LogP contribution in [0.4, 0.5) is 5.13 Å². The number of carbonyl (C=O) groups is 1. The van der Waals surface area contributed by atoms with E-state index in [1.54, 1.807) is 37.6 Å². The molecule has 1 saturated carbocycles. The van der Waals surface area contributed by atoms with Gasteiger partial charge in [-0.05, 0) is 38.8 Å². The number of sulfonamides is 1. The molecule has 162 valence electrons. The van der Waals surface area contributed by atoms with Gasteiger partial charge in [0.2, 0.25) is 10.0 Å². The SMILES string of the molecule is CC(C)(NC(=O)c1ccc(-c2cncc(Cl)n2)cn1)c1csc(NS(=O)(=O)C2CC2)n1. The third-order valence-electron chi connectivity index (χ3n) is 4.66. The summed E-state index contributed by atoms with van der Waals surface area (Å²) >= 11 is 7.04. The fourth-order valence-electron chi connectivity index (χ4n) is 2.76. The van der Waals surface area contributed by atoms with E-state index in [1.807, 2.05) is 0 Å². The molecule has 0 radical (unpaired) electrons. The molecule has 1 aliphatic carbocycles. The number of aromatic nitrogens is 4. The van der Waals surface area contributed by atoms with Crippen LogP contribution >= 0.6 is 22.9 Å². The molecule has 1 fully saturated rings. The van der Waals surface area contributed by atoms with Crippen molar-refractivity contribution in [3.63, 3.8) is 0 Å². The zero-order chi connectivity index (χ0) is 22.2. The van der Waals surface area contributed by atoms with E-state index in [4.69, 9.17) is 11.6 Å². The summed E-state index contributed by atoms with van der Waals surface area (Å²) in [5.74, 6) is -0.387. The Morgan fingerprint density at radius 3 is 2.61 bits per heavy atom. The number of thiazole rings is 1. The normalized spacial score (nSPS) is 14.3. The first-order valence-corrected chi connectivity index (χ1v) is 12.2. The molecule has 0 saturated heterocycles. The van der Waals surface area contributed by atoms with Gasteiger partial charge in [-0.15, -0.1) is 11.3 Å². The minimum Gasteiger partial charge on any atom is -0.340 e. The van der Waals surface area contributed by atoms with Crippen molar-refractivity contribution in [2.45, 2.75) is 37.5 Å². The number of nitrogens with zero attached hydrogens (tertiary/aromatic N) is 4. The summed E-state index contributed by atoms with van der Waals surface area (Å²) in [6.07, 6.45) is 5.86. The zero-order valence-corrected chi connectivity index (χ0v) is 19.1. The number of hydrogen-bond donors (Lipinski definition) is 2. The smallest absolute Gasteiger partial charge is 0.270 e. The van der Waals surface area contributed by atoms with Crippen LogP contribution in [-0.2, 0) is 15.6 Å². The van der Waals surface area contributed by atoms with Crippen LogP contribution in [0.15, 0.2) is 36.1 Å². The van der Waals surface area contributed by atoms with Crippen LogP contribution in [0.2, 0.25) is 5.15 Å². The van der Waals surface area contributed by atoms with E-state index >= 15 is 0 Å². The van der Waals surface area contributed by atoms with Crippen LogP contribution in [0.3, 0.4) is 0 Å². The van der Waals surface area contributed by atoms with Crippen LogP contribution in [0, 0.1) is 0 Å². The summed E-state index contributed by atoms with van der Waals surface area (Å²) in [7, 11) is -3.39. The fourth-order valence-corrected chi connectivity index (χ4v) is 5.39. The van der Waals surface area contributed by atoms with Crippen LogP contribution in [0.5, 0.6) is 0 Å². The Hall–Kier alpha value is -2.63. The first kappa shape index (κ1) is 21.6. The standard InChI is InChI=1S/C19H19ClN6O3S2/c1-19(2,15-10-30-18(24-15)26-31(28,29)12-4-5-12)25-17(27)13-6-3-11(7-22-13)14-8-21-9-16(20)23-14/h3,6-10,12H,4-5H2,1-2H3,(H,24,26)(H,25,27). The van der Waals surface area contributed by atoms with Crippen molar-refractivity contribution in [1.82, 2.24) is 25.3 Å². The minimum atomic E-state index is -3.39. The molecule has 3 aromatic rings. The quantitative estimate of drug-likeness (QED) is 0.533. The number of hydrogen-bond acceptors (Lipinski definition) is 8. The van der Waals surface area contributed by atoms with Crippen molar-refractivity contribution in [3.05, 3.63) is 52.6 Å². The van der Waals surface area contributed by atoms with E-state index in [9.17, 15) is 13.2 Å². The van der Waals surface area contributed by atoms with Gasteiger partial charge in [0.25, 0.3) is 5.91 Å². The largest absolute Gasteiger partial charge is 0.340 e. The second-order valence-electron chi connectivity index (χ2n) is 7.62. The van der Waals surface area contributed by atoms with E-state index in [0.717, 1.165) is 0 Å². The Morgan fingerprint density at radius 2 is 1.97 bits per heavy atom. The number of amides is 1. The van der Waals surface area contributed by atoms with Crippen LogP contribution in [-0.4, -0.2) is 39.5 Å². The van der Waals surface area contributed by atoms with Gasteiger partial charge in [0.1, 0.15) is 10.8 Å². The maximum Gasteiger partial charge on any atom is 0.270 e. The van der Waals surface area contributed by atoms with Gasteiger partial charge in [0, 0.05) is 17.1 Å². The highest BCUT2D eigenvalue weighted by molar-refractivity contribution is 7.93. The van der Waals surface area contributed by atoms with Crippen molar-refractivity contribution < 1.29 is 13.2 Å². The van der Waals surface area contributed by atoms with Crippen molar-refractivity contribution in [2.24, 2.45) is 0 Å². The minimum absolute atomic E-state index is 0.219. The van der Waals surface area contributed by atoms with E-state index < -0.39 is 15.6 Å². The second kappa shape index (κ2) is 8.13. The molecular weight excluding hydrogens is 460 g/mol. The number of rotatable bonds is 7. The molecule has 1 amide bonds. The molecule has 4 rings (SSSR count). The first-order valence-electron chi connectivity index (χ1n) is 9.38. The van der Waals surface area contributed by atoms with Crippen molar-refractivity contribution in [3.8, 4) is 11.3 Å². The molecule has 0 aliphatic heterocycles. The monoisotopic (exact) mass is 478 g/mol. The molecule has 0 spiro atoms. The Morgan fingerprint density at radius 1 is 1.19 bits per heavy atom. The van der Waals surface area contributed by atoms with E-state index in [0.29, 0.717) is 29.8 Å². The van der Waals surface area contributed by atoms with Gasteiger partial charge < -0.3 is 5.32 Å². The average Bonchev–Trinajstić information content (AvgIpc) is 3.48. The lowest BCUT2D eigenvalue weighted by Gasteiger charge is -2.24. The lowest BCUT2D eigenvalue weighted by Crippen LogP contribution is -2.41. The van der Waals surface area contributed by atoms with Gasteiger partial charge >= 0.3 is 0 Å². The predicted molar refractivity (Wildman–Crippen MR) is 118 cm³/mol. The lowest BCUT2D eigenvalue weighted by molar-refractivity contribution is 0.0905. The maximum atomic E-state index is 12.7. The second-order valence-corrected chi connectivity index (χ2v) is 10.8. The van der Waals surface area contributed by atoms with Gasteiger partial charge in [-0.2, -0.15) is 0 Å². The molecule has 12 heteroatoms. The predicted octanol–water partition coefficient (Wildman–Crippen LogP) is 3.22. The lowest BCUT2D eigenvalue weighted by atomic mass is 10.0. The molecule has 3 aromatic heterocycles. The third-order valence-corrected chi connectivity index (χ3v) is 7.56. The topological polar surface area (TPSA) is 127 Å². The molecule has 31 heavy (non-hydrogen) atoms. The summed E-state index contributed by atoms with van der Waals surface area (Å²) in [5, 5.41) is 4.83. The van der Waals surface area contributed by atoms with Gasteiger partial charge in [-0.3, -0.25) is 19.5 Å². The molecule has 9 nitrogen and oxygen atoms in total. The molecule has 0 aromatic carbocycles. The summed E-state index contributed by atoms with van der Waals surface area (Å²) in [5.41, 5.74) is 1.16. The van der Waals surface area contributed by atoms with Crippen LogP contribution in [0.1, 0.15) is 42.9 Å². The third kappa shape index (κ3) is 5.00. The maximum absolute atomic E-state index is 12.7. The average molecular weight is 479 g/mol. The highest BCUT2D eigenvalue weighted by Crippen LogP contribution is 2.32. The molecule has 0 bridgehead atoms. The van der Waals surface area contributed by atoms with Crippen molar-refractivity contribution >= 4 is 44.0 Å². The Kier molecular flexibility index (Phi) is 5.67. The van der Waals surface area contributed by atoms with Gasteiger partial charge in [-0.1, -0.05) is 11.6 Å². The summed E-state index contributed by atoms with van der Waals surface area (Å²) in [6, 6.07) is 3.29.